The standard InChI is InChI=1S/C56H82N8O10/c1-10-36(4)51(62(7)56(72)49(35(2)3)61-55(71)50-37(5)28-29-57-50)44(73-8)33-48(68)63-31-17-20-43(63)52(74-9)38(6)53(69)60-42(32-39-18-13-11-14-19-39)54(70)59-41-24-22-40(23-25-41)34-58-45(65)21-15-12-16-30-64-46(66)26-27-47(64)67/h11,13-14,18-19,22-27,35-38,42-44,49-52,57H,10,12,15-17,20-21,28-34H2,1-9H3,(H,58,65)(H,59,70)(H,60,69)(H,61,71)/t36-,37-,38+,42?,43?,44+,49?,50-,51-,52+/m0/s1. The van der Waals surface area contributed by atoms with E-state index in [1.807, 2.05) is 65.0 Å². The van der Waals surface area contributed by atoms with Crippen LogP contribution in [0.4, 0.5) is 5.69 Å². The summed E-state index contributed by atoms with van der Waals surface area (Å²) in [5.74, 6) is -3.10. The fraction of sp³-hybridized carbons (Fsp3) is 0.607. The van der Waals surface area contributed by atoms with E-state index >= 15 is 0 Å². The molecule has 2 aromatic rings. The molecule has 3 aliphatic heterocycles. The zero-order chi connectivity index (χ0) is 54.1. The van der Waals surface area contributed by atoms with E-state index < -0.39 is 54.1 Å². The molecule has 0 saturated carbocycles. The smallest absolute Gasteiger partial charge is 0.253 e. The Morgan fingerprint density at radius 2 is 1.53 bits per heavy atom. The van der Waals surface area contributed by atoms with Crippen molar-refractivity contribution in [2.45, 2.75) is 155 Å². The molecule has 10 atom stereocenters. The van der Waals surface area contributed by atoms with Crippen LogP contribution >= 0.6 is 0 Å². The molecule has 0 aliphatic carbocycles. The number of likely N-dealkylation sites (N-methyl/N-ethyl adjacent to an activating group) is 1. The van der Waals surface area contributed by atoms with Gasteiger partial charge in [-0.2, -0.15) is 0 Å². The summed E-state index contributed by atoms with van der Waals surface area (Å²) < 4.78 is 12.1. The summed E-state index contributed by atoms with van der Waals surface area (Å²) in [5, 5.41) is 15.1. The Balaban J connectivity index is 1.19. The van der Waals surface area contributed by atoms with E-state index in [9.17, 15) is 38.4 Å². The Hall–Kier alpha value is -5.98. The van der Waals surface area contributed by atoms with E-state index in [2.05, 4.69) is 26.6 Å². The second kappa shape index (κ2) is 28.6. The lowest BCUT2D eigenvalue weighted by molar-refractivity contribution is -0.147. The van der Waals surface area contributed by atoms with Gasteiger partial charge in [-0.3, -0.25) is 43.3 Å². The summed E-state index contributed by atoms with van der Waals surface area (Å²) in [6.45, 7) is 13.4. The molecule has 74 heavy (non-hydrogen) atoms. The first-order valence-corrected chi connectivity index (χ1v) is 26.6. The van der Waals surface area contributed by atoms with Gasteiger partial charge >= 0.3 is 0 Å². The van der Waals surface area contributed by atoms with E-state index in [-0.39, 0.29) is 78.6 Å². The van der Waals surface area contributed by atoms with Crippen molar-refractivity contribution in [3.63, 3.8) is 0 Å². The van der Waals surface area contributed by atoms with Gasteiger partial charge in [-0.1, -0.05) is 96.8 Å². The number of rotatable bonds is 28. The second-order valence-corrected chi connectivity index (χ2v) is 20.7. The van der Waals surface area contributed by atoms with Crippen LogP contribution in [0.2, 0.25) is 0 Å². The number of hydrogen-bond donors (Lipinski definition) is 5. The summed E-state index contributed by atoms with van der Waals surface area (Å²) in [7, 11) is 4.79. The largest absolute Gasteiger partial charge is 0.379 e. The van der Waals surface area contributed by atoms with Crippen LogP contribution in [0.25, 0.3) is 0 Å². The monoisotopic (exact) mass is 1030 g/mol. The molecule has 2 fully saturated rings. The van der Waals surface area contributed by atoms with Crippen molar-refractivity contribution < 1.29 is 47.8 Å². The van der Waals surface area contributed by atoms with Gasteiger partial charge in [-0.05, 0) is 79.7 Å². The molecule has 0 spiro atoms. The summed E-state index contributed by atoms with van der Waals surface area (Å²) in [6, 6.07) is 13.4. The minimum Gasteiger partial charge on any atom is -0.379 e. The highest BCUT2D eigenvalue weighted by Gasteiger charge is 2.44. The molecule has 2 aromatic carbocycles. The highest BCUT2D eigenvalue weighted by atomic mass is 16.5. The number of anilines is 1. The summed E-state index contributed by atoms with van der Waals surface area (Å²) in [4.78, 5) is 111. The van der Waals surface area contributed by atoms with Crippen LogP contribution in [0.5, 0.6) is 0 Å². The first-order valence-electron chi connectivity index (χ1n) is 26.6. The van der Waals surface area contributed by atoms with E-state index in [1.165, 1.54) is 24.2 Å². The fourth-order valence-corrected chi connectivity index (χ4v) is 10.4. The number of likely N-dealkylation sites (tertiary alicyclic amines) is 1. The van der Waals surface area contributed by atoms with Gasteiger partial charge in [0.2, 0.25) is 35.4 Å². The third-order valence-corrected chi connectivity index (χ3v) is 15.1. The molecule has 18 nitrogen and oxygen atoms in total. The van der Waals surface area contributed by atoms with Gasteiger partial charge in [0.15, 0.2) is 0 Å². The zero-order valence-electron chi connectivity index (χ0n) is 45.0. The third-order valence-electron chi connectivity index (χ3n) is 15.1. The number of methoxy groups -OCH3 is 2. The molecular weight excluding hydrogens is 945 g/mol. The van der Waals surface area contributed by atoms with Crippen LogP contribution in [0.15, 0.2) is 66.7 Å². The maximum atomic E-state index is 14.5. The lowest BCUT2D eigenvalue weighted by Crippen LogP contribution is -2.59. The molecule has 2 saturated heterocycles. The molecule has 5 rings (SSSR count). The van der Waals surface area contributed by atoms with E-state index in [1.54, 1.807) is 55.1 Å². The van der Waals surface area contributed by atoms with Gasteiger partial charge in [0.05, 0.1) is 42.7 Å². The predicted octanol–water partition coefficient (Wildman–Crippen LogP) is 4.51. The Morgan fingerprint density at radius 3 is 2.14 bits per heavy atom. The number of benzene rings is 2. The maximum absolute atomic E-state index is 14.5. The van der Waals surface area contributed by atoms with Crippen molar-refractivity contribution in [3.05, 3.63) is 77.9 Å². The summed E-state index contributed by atoms with van der Waals surface area (Å²) >= 11 is 0. The quantitative estimate of drug-likeness (QED) is 0.0589. The van der Waals surface area contributed by atoms with Crippen LogP contribution in [-0.4, -0.2) is 145 Å². The van der Waals surface area contributed by atoms with Crippen LogP contribution in [0, 0.1) is 23.7 Å². The van der Waals surface area contributed by atoms with Gasteiger partial charge in [-0.15, -0.1) is 0 Å². The van der Waals surface area contributed by atoms with E-state index in [0.29, 0.717) is 63.7 Å². The summed E-state index contributed by atoms with van der Waals surface area (Å²) in [6.07, 6.45) is 6.42. The van der Waals surface area contributed by atoms with Crippen LogP contribution in [-0.2, 0) is 60.8 Å². The highest BCUT2D eigenvalue weighted by Crippen LogP contribution is 2.30. The molecule has 3 unspecified atom stereocenters. The summed E-state index contributed by atoms with van der Waals surface area (Å²) in [5.41, 5.74) is 2.17. The van der Waals surface area contributed by atoms with Crippen molar-refractivity contribution in [1.82, 2.24) is 36.0 Å². The third kappa shape index (κ3) is 16.0. The molecule has 0 bridgehead atoms. The maximum Gasteiger partial charge on any atom is 0.253 e. The van der Waals surface area contributed by atoms with Crippen LogP contribution in [0.3, 0.4) is 0 Å². The van der Waals surface area contributed by atoms with Crippen molar-refractivity contribution in [2.75, 3.05) is 46.2 Å². The number of carbonyl (C=O) groups is 8. The first-order chi connectivity index (χ1) is 35.4. The lowest BCUT2D eigenvalue weighted by atomic mass is 9.89. The van der Waals surface area contributed by atoms with E-state index in [4.69, 9.17) is 9.47 Å². The minimum atomic E-state index is -0.968. The van der Waals surface area contributed by atoms with Crippen molar-refractivity contribution in [1.29, 1.82) is 0 Å². The van der Waals surface area contributed by atoms with Gasteiger partial charge < -0.3 is 45.9 Å². The lowest BCUT2D eigenvalue weighted by Gasteiger charge is -2.41. The van der Waals surface area contributed by atoms with Crippen molar-refractivity contribution >= 4 is 52.9 Å². The molecule has 8 amide bonds. The molecule has 3 heterocycles. The van der Waals surface area contributed by atoms with Gasteiger partial charge in [0, 0.05) is 71.6 Å². The predicted molar refractivity (Wildman–Crippen MR) is 282 cm³/mol. The Kier molecular flexibility index (Phi) is 22.8. The highest BCUT2D eigenvalue weighted by molar-refractivity contribution is 6.12. The molecule has 5 N–H and O–H groups in total. The Labute approximate surface area is 437 Å². The SMILES string of the molecule is CC[C@H](C)[C@@H]([C@@H](CC(=O)N1CCCC1[C@H](OC)[C@@H](C)C(=O)NC(Cc1ccccc1)C(=O)Nc1ccc(CNC(=O)CCCCCN2C(=O)C=CC2=O)cc1)OC)N(C)C(=O)C(NC(=O)[C@H]1NCC[C@@H]1C)C(C)C. The molecular formula is C56H82N8O10. The molecule has 18 heteroatoms. The minimum absolute atomic E-state index is 0.0253. The fourth-order valence-electron chi connectivity index (χ4n) is 10.4. The Morgan fingerprint density at radius 1 is 0.838 bits per heavy atom. The average Bonchev–Trinajstić information content (AvgIpc) is 4.14. The van der Waals surface area contributed by atoms with Crippen LogP contribution in [0.1, 0.15) is 110 Å². The first kappa shape index (κ1) is 58.9. The molecule has 0 radical (unpaired) electrons. The van der Waals surface area contributed by atoms with Crippen molar-refractivity contribution in [2.24, 2.45) is 23.7 Å². The number of amides is 8. The van der Waals surface area contributed by atoms with Crippen LogP contribution < -0.4 is 26.6 Å². The van der Waals surface area contributed by atoms with Gasteiger partial charge in [0.25, 0.3) is 11.8 Å². The number of hydrogen-bond acceptors (Lipinski definition) is 11. The van der Waals surface area contributed by atoms with Gasteiger partial charge in [-0.25, -0.2) is 0 Å². The molecule has 3 aliphatic rings. The number of imide groups is 1. The van der Waals surface area contributed by atoms with E-state index in [0.717, 1.165) is 24.1 Å². The number of nitrogens with one attached hydrogen (secondary N) is 5. The molecule has 406 valence electrons. The normalized spacial score (nSPS) is 20.4. The van der Waals surface area contributed by atoms with Gasteiger partial charge in [0.1, 0.15) is 12.1 Å². The van der Waals surface area contributed by atoms with Crippen molar-refractivity contribution in [3.8, 4) is 0 Å². The second-order valence-electron chi connectivity index (χ2n) is 20.7. The number of nitrogens with zero attached hydrogens (tertiary/aromatic N) is 3. The zero-order valence-corrected chi connectivity index (χ0v) is 45.0. The number of ether oxygens (including phenoxy) is 2. The Bertz CT molecular complexity index is 2240. The number of carbonyl (C=O) groups excluding carboxylic acids is 8. The number of unbranched alkanes of at least 4 members (excludes halogenated alkanes) is 2. The topological polar surface area (TPSA) is 225 Å². The average molecular weight is 1030 g/mol. The molecule has 0 aromatic heterocycles.